The summed E-state index contributed by atoms with van der Waals surface area (Å²) in [5, 5.41) is 0.700. The third-order valence-electron chi connectivity index (χ3n) is 1.64. The molecule has 1 aromatic carbocycles. The van der Waals surface area contributed by atoms with Gasteiger partial charge in [-0.2, -0.15) is 4.99 Å². The van der Waals surface area contributed by atoms with E-state index in [1.54, 1.807) is 24.3 Å². The third kappa shape index (κ3) is 2.27. The molecule has 78 valence electrons. The van der Waals surface area contributed by atoms with E-state index in [2.05, 4.69) is 20.9 Å². The lowest BCUT2D eigenvalue weighted by Crippen LogP contribution is -2.15. The van der Waals surface area contributed by atoms with Crippen molar-refractivity contribution in [3.8, 4) is 5.75 Å². The molecule has 0 radical (unpaired) electrons. The predicted octanol–water partition coefficient (Wildman–Crippen LogP) is 2.04. The highest BCUT2D eigenvalue weighted by Gasteiger charge is 2.26. The van der Waals surface area contributed by atoms with Gasteiger partial charge in [0.25, 0.3) is 9.84 Å². The van der Waals surface area contributed by atoms with Crippen LogP contribution < -0.4 is 4.74 Å². The number of para-hydroxylation sites is 1. The Morgan fingerprint density at radius 3 is 2.40 bits per heavy atom. The van der Waals surface area contributed by atoms with Gasteiger partial charge in [-0.15, -0.1) is 0 Å². The molecule has 0 aliphatic carbocycles. The lowest BCUT2D eigenvalue weighted by atomic mass is 10.3. The number of halogens is 1. The van der Waals surface area contributed by atoms with Crippen LogP contribution in [0.5, 0.6) is 5.75 Å². The zero-order chi connectivity index (χ0) is 10.9. The number of hydrogen-bond donors (Lipinski definition) is 0. The predicted molar refractivity (Wildman–Crippen MR) is 60.4 cm³/mol. The van der Waals surface area contributed by atoms with Crippen molar-refractivity contribution in [1.82, 2.24) is 0 Å². The zero-order valence-corrected chi connectivity index (χ0v) is 9.82. The maximum absolute atomic E-state index is 11.4. The first-order valence-corrected chi connectivity index (χ1v) is 6.36. The Bertz CT molecular complexity index is 534. The number of rotatable bonds is 1. The Kier molecular flexibility index (Phi) is 2.62. The van der Waals surface area contributed by atoms with Gasteiger partial charge in [-0.25, -0.2) is 8.42 Å². The number of aliphatic imine (C=N–C) groups is 1. The van der Waals surface area contributed by atoms with E-state index in [-0.39, 0.29) is 9.84 Å². The Labute approximate surface area is 95.3 Å². The normalized spacial score (nSPS) is 18.2. The Balaban J connectivity index is 2.27. The van der Waals surface area contributed by atoms with Crippen molar-refractivity contribution in [3.63, 3.8) is 0 Å². The second kappa shape index (κ2) is 3.79. The molecule has 4 nitrogen and oxygen atoms in total. The first-order chi connectivity index (χ1) is 7.08. The molecule has 0 fully saturated rings. The lowest BCUT2D eigenvalue weighted by molar-refractivity contribution is 0.550. The quantitative estimate of drug-likeness (QED) is 0.743. The van der Waals surface area contributed by atoms with E-state index in [0.717, 1.165) is 5.41 Å². The van der Waals surface area contributed by atoms with Crippen molar-refractivity contribution >= 4 is 31.0 Å². The summed E-state index contributed by atoms with van der Waals surface area (Å²) in [5.41, 5.74) is 0. The molecular weight excluding hydrogens is 282 g/mol. The second-order valence-corrected chi connectivity index (χ2v) is 5.27. The second-order valence-electron chi connectivity index (χ2n) is 2.78. The lowest BCUT2D eigenvalue weighted by Gasteiger charge is -2.02. The van der Waals surface area contributed by atoms with Crippen molar-refractivity contribution in [2.24, 2.45) is 4.99 Å². The molecule has 0 N–H and O–H groups in total. The maximum atomic E-state index is 11.4. The summed E-state index contributed by atoms with van der Waals surface area (Å²) in [6.45, 7) is 0. The van der Waals surface area contributed by atoms with Crippen LogP contribution in [0.1, 0.15) is 0 Å². The molecule has 15 heavy (non-hydrogen) atoms. The molecule has 6 heteroatoms. The average Bonchev–Trinajstić information content (AvgIpc) is 2.41. The van der Waals surface area contributed by atoms with Gasteiger partial charge >= 0.3 is 5.23 Å². The van der Waals surface area contributed by atoms with Crippen LogP contribution in [0.25, 0.3) is 0 Å². The van der Waals surface area contributed by atoms with Gasteiger partial charge < -0.3 is 4.74 Å². The Hall–Kier alpha value is -1.14. The summed E-state index contributed by atoms with van der Waals surface area (Å²) in [7, 11) is -3.52. The molecule has 1 aliphatic heterocycles. The fourth-order valence-electron chi connectivity index (χ4n) is 1.03. The maximum Gasteiger partial charge on any atom is 0.320 e. The van der Waals surface area contributed by atoms with Gasteiger partial charge in [-0.1, -0.05) is 18.2 Å². The summed E-state index contributed by atoms with van der Waals surface area (Å²) in [5.74, 6) is 0.440. The number of ether oxygens (including phenoxy) is 1. The van der Waals surface area contributed by atoms with Crippen molar-refractivity contribution in [3.05, 3.63) is 40.3 Å². The van der Waals surface area contributed by atoms with Gasteiger partial charge in [0.2, 0.25) is 0 Å². The van der Waals surface area contributed by atoms with E-state index >= 15 is 0 Å². The third-order valence-corrected chi connectivity index (χ3v) is 3.55. The summed E-state index contributed by atoms with van der Waals surface area (Å²) in [6, 6.07) is 8.63. The molecule has 0 unspecified atom stereocenters. The van der Waals surface area contributed by atoms with Gasteiger partial charge in [0.15, 0.2) is 0 Å². The van der Waals surface area contributed by atoms with Gasteiger partial charge in [-0.05, 0) is 28.1 Å². The van der Waals surface area contributed by atoms with E-state index in [1.807, 2.05) is 6.07 Å². The molecule has 1 aliphatic rings. The molecular formula is C9H6BrNO3S. The summed E-state index contributed by atoms with van der Waals surface area (Å²) >= 11 is 2.98. The minimum atomic E-state index is -3.52. The summed E-state index contributed by atoms with van der Waals surface area (Å²) in [4.78, 5) is 3.72. The van der Waals surface area contributed by atoms with E-state index in [1.165, 1.54) is 0 Å². The Morgan fingerprint density at radius 2 is 1.87 bits per heavy atom. The minimum Gasteiger partial charge on any atom is -0.430 e. The fraction of sp³-hybridized carbons (Fsp3) is 0. The molecule has 0 saturated heterocycles. The number of nitrogens with zero attached hydrogens (tertiary/aromatic N) is 1. The smallest absolute Gasteiger partial charge is 0.320 e. The summed E-state index contributed by atoms with van der Waals surface area (Å²) in [6.07, 6.45) is 0. The number of sulfone groups is 1. The first kappa shape index (κ1) is 10.4. The van der Waals surface area contributed by atoms with Crippen LogP contribution in [-0.2, 0) is 9.84 Å². The largest absolute Gasteiger partial charge is 0.430 e. The van der Waals surface area contributed by atoms with Crippen molar-refractivity contribution in [2.45, 2.75) is 0 Å². The highest BCUT2D eigenvalue weighted by Crippen LogP contribution is 2.21. The zero-order valence-electron chi connectivity index (χ0n) is 7.42. The first-order valence-electron chi connectivity index (χ1n) is 4.02. The van der Waals surface area contributed by atoms with Crippen LogP contribution in [0.15, 0.2) is 45.3 Å². The van der Waals surface area contributed by atoms with Crippen LogP contribution in [-0.4, -0.2) is 13.6 Å². The SMILES string of the molecule is O=S1(=O)C=C(Br)N=C1Oc1ccccc1. The van der Waals surface area contributed by atoms with Crippen LogP contribution in [0.3, 0.4) is 0 Å². The fourth-order valence-corrected chi connectivity index (χ4v) is 2.89. The molecule has 1 heterocycles. The molecule has 0 spiro atoms. The molecule has 0 bridgehead atoms. The van der Waals surface area contributed by atoms with Crippen LogP contribution in [0.2, 0.25) is 0 Å². The molecule has 2 rings (SSSR count). The average molecular weight is 288 g/mol. The molecule has 0 amide bonds. The topological polar surface area (TPSA) is 55.7 Å². The Morgan fingerprint density at radius 1 is 1.20 bits per heavy atom. The highest BCUT2D eigenvalue weighted by molar-refractivity contribution is 9.11. The van der Waals surface area contributed by atoms with Crippen molar-refractivity contribution < 1.29 is 13.2 Å². The van der Waals surface area contributed by atoms with Crippen molar-refractivity contribution in [1.29, 1.82) is 0 Å². The minimum absolute atomic E-state index is 0.244. The van der Waals surface area contributed by atoms with Gasteiger partial charge in [-0.3, -0.25) is 0 Å². The van der Waals surface area contributed by atoms with Crippen LogP contribution in [0, 0.1) is 0 Å². The van der Waals surface area contributed by atoms with Gasteiger partial charge in [0, 0.05) is 0 Å². The monoisotopic (exact) mass is 287 g/mol. The van der Waals surface area contributed by atoms with Gasteiger partial charge in [0.05, 0.1) is 5.41 Å². The van der Waals surface area contributed by atoms with Crippen LogP contribution in [0.4, 0.5) is 0 Å². The van der Waals surface area contributed by atoms with Crippen molar-refractivity contribution in [2.75, 3.05) is 0 Å². The van der Waals surface area contributed by atoms with E-state index in [4.69, 9.17) is 4.74 Å². The summed E-state index contributed by atoms with van der Waals surface area (Å²) < 4.78 is 28.2. The van der Waals surface area contributed by atoms with E-state index in [0.29, 0.717) is 5.75 Å². The molecule has 0 saturated carbocycles. The standard InChI is InChI=1S/C9H6BrNO3S/c10-8-6-15(12,13)9(11-8)14-7-4-2-1-3-5-7/h1-6H. The van der Waals surface area contributed by atoms with E-state index < -0.39 is 9.84 Å². The van der Waals surface area contributed by atoms with E-state index in [9.17, 15) is 8.42 Å². The number of hydrogen-bond acceptors (Lipinski definition) is 4. The highest BCUT2D eigenvalue weighted by atomic mass is 79.9. The number of benzene rings is 1. The van der Waals surface area contributed by atoms with Crippen LogP contribution >= 0.6 is 15.9 Å². The van der Waals surface area contributed by atoms with Gasteiger partial charge in [0.1, 0.15) is 10.4 Å². The molecule has 1 aromatic rings. The molecule has 0 atom stereocenters. The molecule has 0 aromatic heterocycles.